The van der Waals surface area contributed by atoms with Crippen molar-refractivity contribution in [1.29, 1.82) is 0 Å². The second kappa shape index (κ2) is 5.92. The summed E-state index contributed by atoms with van der Waals surface area (Å²) in [6, 6.07) is 0. The number of hydrogen-bond donors (Lipinski definition) is 4. The minimum atomic E-state index is -4.49. The molecule has 0 bridgehead atoms. The van der Waals surface area contributed by atoms with Crippen LogP contribution in [0, 0.1) is 5.41 Å². The van der Waals surface area contributed by atoms with Gasteiger partial charge < -0.3 is 19.6 Å². The first-order valence-corrected chi connectivity index (χ1v) is 8.65. The molecule has 0 aliphatic heterocycles. The summed E-state index contributed by atoms with van der Waals surface area (Å²) in [6.45, 7) is 4.42. The van der Waals surface area contributed by atoms with Crippen LogP contribution in [0.5, 0.6) is 0 Å². The molecule has 108 valence electrons. The summed E-state index contributed by atoms with van der Waals surface area (Å²) in [5, 5.41) is 0. The Hall–Kier alpha value is -0.0700. The lowest BCUT2D eigenvalue weighted by atomic mass is 9.91. The molecule has 0 rings (SSSR count). The molecule has 10 heteroatoms. The lowest BCUT2D eigenvalue weighted by Gasteiger charge is -2.25. The molecule has 0 aromatic heterocycles. The molecule has 4 N–H and O–H groups in total. The second-order valence-corrected chi connectivity index (χ2v) is 8.34. The number of carbonyl (C=O) groups excluding carboxylic acids is 1. The Balaban J connectivity index is 4.84. The van der Waals surface area contributed by atoms with Crippen LogP contribution in [0.15, 0.2) is 0 Å². The number of carbonyl (C=O) groups is 1. The Bertz CT molecular complexity index is 367. The first-order valence-electron chi connectivity index (χ1n) is 5.05. The van der Waals surface area contributed by atoms with Gasteiger partial charge in [0, 0.05) is 5.41 Å². The van der Waals surface area contributed by atoms with Crippen molar-refractivity contribution in [2.75, 3.05) is 19.1 Å². The molecular formula is C8H19NO7P2. The topological polar surface area (TPSA) is 135 Å². The van der Waals surface area contributed by atoms with Crippen LogP contribution in [-0.2, 0) is 13.9 Å². The Morgan fingerprint density at radius 3 is 1.56 bits per heavy atom. The molecule has 0 unspecified atom stereocenters. The van der Waals surface area contributed by atoms with Crippen molar-refractivity contribution in [3.05, 3.63) is 0 Å². The molecule has 0 aromatic rings. The highest BCUT2D eigenvalue weighted by atomic mass is 31.2. The van der Waals surface area contributed by atoms with Gasteiger partial charge in [-0.15, -0.1) is 0 Å². The maximum absolute atomic E-state index is 11.7. The van der Waals surface area contributed by atoms with Crippen LogP contribution in [0.4, 0.5) is 0 Å². The van der Waals surface area contributed by atoms with Gasteiger partial charge in [0.05, 0.1) is 6.54 Å². The van der Waals surface area contributed by atoms with Crippen molar-refractivity contribution in [1.82, 2.24) is 4.90 Å². The number of Topliss-reactive ketones (excluding diaryl/α,β-unsaturated/α-hetero) is 1. The maximum Gasteiger partial charge on any atom is 0.339 e. The van der Waals surface area contributed by atoms with Gasteiger partial charge in [0.2, 0.25) is 0 Å². The van der Waals surface area contributed by atoms with Gasteiger partial charge in [-0.3, -0.25) is 18.8 Å². The average Bonchev–Trinajstić information content (AvgIpc) is 1.94. The zero-order valence-corrected chi connectivity index (χ0v) is 12.3. The van der Waals surface area contributed by atoms with Crippen LogP contribution in [0.1, 0.15) is 20.8 Å². The number of hydrogen-bond acceptors (Lipinski definition) is 4. The zero-order valence-electron chi connectivity index (χ0n) is 10.5. The van der Waals surface area contributed by atoms with E-state index >= 15 is 0 Å². The van der Waals surface area contributed by atoms with Gasteiger partial charge >= 0.3 is 15.2 Å². The van der Waals surface area contributed by atoms with Crippen LogP contribution in [0.25, 0.3) is 0 Å². The van der Waals surface area contributed by atoms with Gasteiger partial charge in [0.25, 0.3) is 0 Å². The summed E-state index contributed by atoms with van der Waals surface area (Å²) in [5.74, 6) is -0.357. The molecule has 0 fully saturated rings. The molecule has 0 spiro atoms. The van der Waals surface area contributed by atoms with E-state index in [-0.39, 0.29) is 5.78 Å². The van der Waals surface area contributed by atoms with Gasteiger partial charge in [-0.25, -0.2) is 0 Å². The molecule has 0 aliphatic carbocycles. The van der Waals surface area contributed by atoms with E-state index < -0.39 is 39.7 Å². The van der Waals surface area contributed by atoms with E-state index in [0.29, 0.717) is 0 Å². The largest absolute Gasteiger partial charge is 0.339 e. The zero-order chi connectivity index (χ0) is 14.8. The van der Waals surface area contributed by atoms with Crippen molar-refractivity contribution in [2.45, 2.75) is 20.8 Å². The Morgan fingerprint density at radius 1 is 1.00 bits per heavy atom. The minimum absolute atomic E-state index is 0.357. The van der Waals surface area contributed by atoms with Crippen molar-refractivity contribution in [3.63, 3.8) is 0 Å². The number of nitrogens with zero attached hydrogens (tertiary/aromatic N) is 1. The maximum atomic E-state index is 11.7. The van der Waals surface area contributed by atoms with Gasteiger partial charge in [-0.1, -0.05) is 20.8 Å². The summed E-state index contributed by atoms with van der Waals surface area (Å²) in [6.07, 6.45) is -1.72. The second-order valence-electron chi connectivity index (χ2n) is 5.11. The van der Waals surface area contributed by atoms with Gasteiger partial charge in [-0.05, 0) is 0 Å². The summed E-state index contributed by atoms with van der Waals surface area (Å²) >= 11 is 0. The SMILES string of the molecule is CC(C)(C)C(=O)CN(CP(=O)(O)O)CP(=O)(O)O. The Kier molecular flexibility index (Phi) is 5.90. The smallest absolute Gasteiger partial charge is 0.324 e. The Morgan fingerprint density at radius 2 is 1.33 bits per heavy atom. The highest BCUT2D eigenvalue weighted by Crippen LogP contribution is 2.40. The third kappa shape index (κ3) is 8.94. The summed E-state index contributed by atoms with van der Waals surface area (Å²) < 4.78 is 21.7. The monoisotopic (exact) mass is 303 g/mol. The molecule has 8 nitrogen and oxygen atoms in total. The van der Waals surface area contributed by atoms with E-state index in [9.17, 15) is 13.9 Å². The predicted octanol–water partition coefficient (Wildman–Crippen LogP) is 0.174. The summed E-state index contributed by atoms with van der Waals surface area (Å²) in [5.41, 5.74) is -0.748. The fraction of sp³-hybridized carbons (Fsp3) is 0.875. The molecule has 0 amide bonds. The first kappa shape index (κ1) is 17.9. The van der Waals surface area contributed by atoms with Crippen molar-refractivity contribution in [2.24, 2.45) is 5.41 Å². The standard InChI is InChI=1S/C8H19NO7P2/c1-8(2,3)7(10)4-9(5-17(11,12)13)6-18(14,15)16/h4-6H2,1-3H3,(H2,11,12,13)(H2,14,15,16). The third-order valence-corrected chi connectivity index (χ3v) is 3.51. The van der Waals surface area contributed by atoms with Crippen LogP contribution >= 0.6 is 15.2 Å². The van der Waals surface area contributed by atoms with E-state index in [1.165, 1.54) is 0 Å². The number of rotatable bonds is 6. The van der Waals surface area contributed by atoms with Crippen LogP contribution in [0.2, 0.25) is 0 Å². The lowest BCUT2D eigenvalue weighted by molar-refractivity contribution is -0.127. The molecule has 0 saturated heterocycles. The van der Waals surface area contributed by atoms with E-state index in [1.807, 2.05) is 0 Å². The quantitative estimate of drug-likeness (QED) is 0.510. The minimum Gasteiger partial charge on any atom is -0.324 e. The van der Waals surface area contributed by atoms with Crippen LogP contribution in [0.3, 0.4) is 0 Å². The van der Waals surface area contributed by atoms with Gasteiger partial charge in [0.1, 0.15) is 12.6 Å². The fourth-order valence-electron chi connectivity index (χ4n) is 1.11. The Labute approximate surface area is 105 Å². The van der Waals surface area contributed by atoms with E-state index in [1.54, 1.807) is 20.8 Å². The lowest BCUT2D eigenvalue weighted by Crippen LogP contribution is -2.37. The molecule has 0 atom stereocenters. The van der Waals surface area contributed by atoms with Crippen LogP contribution < -0.4 is 0 Å². The molecule has 0 radical (unpaired) electrons. The first-order chi connectivity index (χ1) is 7.71. The van der Waals surface area contributed by atoms with Gasteiger partial charge in [-0.2, -0.15) is 0 Å². The highest BCUT2D eigenvalue weighted by Gasteiger charge is 2.30. The predicted molar refractivity (Wildman–Crippen MR) is 65.0 cm³/mol. The van der Waals surface area contributed by atoms with Crippen LogP contribution in [-0.4, -0.2) is 49.4 Å². The van der Waals surface area contributed by atoms with Crippen molar-refractivity contribution >= 4 is 21.0 Å². The summed E-state index contributed by atoms with van der Waals surface area (Å²) in [4.78, 5) is 47.7. The molecule has 0 saturated carbocycles. The molecule has 18 heavy (non-hydrogen) atoms. The fourth-order valence-corrected chi connectivity index (χ4v) is 2.71. The van der Waals surface area contributed by atoms with E-state index in [0.717, 1.165) is 4.90 Å². The van der Waals surface area contributed by atoms with E-state index in [4.69, 9.17) is 19.6 Å². The molecule has 0 heterocycles. The van der Waals surface area contributed by atoms with Crippen molar-refractivity contribution in [3.8, 4) is 0 Å². The normalized spacial score (nSPS) is 14.0. The van der Waals surface area contributed by atoms with E-state index in [2.05, 4.69) is 0 Å². The summed E-state index contributed by atoms with van der Waals surface area (Å²) in [7, 11) is -8.97. The number of ketones is 1. The molecule has 0 aromatic carbocycles. The third-order valence-electron chi connectivity index (χ3n) is 1.97. The highest BCUT2D eigenvalue weighted by molar-refractivity contribution is 7.52. The van der Waals surface area contributed by atoms with Gasteiger partial charge in [0.15, 0.2) is 5.78 Å². The molecule has 0 aliphatic rings. The van der Waals surface area contributed by atoms with Crippen molar-refractivity contribution < 1.29 is 33.5 Å². The molecular weight excluding hydrogens is 284 g/mol. The average molecular weight is 303 g/mol.